The standard InChI is InChI=1S/C14H11N3O2/c1-9-7-15-14(16-8-9)17-5-4-10-6-11(13(18)19)2-3-12(10)17/h2-8H,1H3,(H,18,19). The highest BCUT2D eigenvalue weighted by molar-refractivity contribution is 5.94. The second-order valence-corrected chi connectivity index (χ2v) is 4.32. The molecule has 5 nitrogen and oxygen atoms in total. The highest BCUT2D eigenvalue weighted by atomic mass is 16.4. The summed E-state index contributed by atoms with van der Waals surface area (Å²) in [4.78, 5) is 19.5. The Morgan fingerprint density at radius 2 is 1.95 bits per heavy atom. The molecular formula is C14H11N3O2. The first-order valence-corrected chi connectivity index (χ1v) is 5.78. The SMILES string of the molecule is Cc1cnc(-n2ccc3cc(C(=O)O)ccc32)nc1. The fraction of sp³-hybridized carbons (Fsp3) is 0.0714. The molecule has 3 aromatic rings. The first-order valence-electron chi connectivity index (χ1n) is 5.78. The molecule has 19 heavy (non-hydrogen) atoms. The van der Waals surface area contributed by atoms with E-state index in [1.165, 1.54) is 0 Å². The van der Waals surface area contributed by atoms with Crippen LogP contribution in [-0.4, -0.2) is 25.6 Å². The number of carboxylic acids is 1. The zero-order valence-electron chi connectivity index (χ0n) is 10.2. The molecule has 2 heterocycles. The van der Waals surface area contributed by atoms with Gasteiger partial charge in [-0.15, -0.1) is 0 Å². The lowest BCUT2D eigenvalue weighted by Gasteiger charge is -2.03. The van der Waals surface area contributed by atoms with Crippen LogP contribution >= 0.6 is 0 Å². The molecular weight excluding hydrogens is 242 g/mol. The van der Waals surface area contributed by atoms with Crippen LogP contribution in [0.25, 0.3) is 16.9 Å². The van der Waals surface area contributed by atoms with Crippen molar-refractivity contribution in [2.75, 3.05) is 0 Å². The Labute approximate surface area is 109 Å². The van der Waals surface area contributed by atoms with Gasteiger partial charge in [-0.25, -0.2) is 14.8 Å². The number of aromatic carboxylic acids is 1. The second kappa shape index (κ2) is 4.20. The number of aromatic nitrogens is 3. The maximum absolute atomic E-state index is 10.9. The van der Waals surface area contributed by atoms with Crippen LogP contribution in [0.5, 0.6) is 0 Å². The van der Waals surface area contributed by atoms with E-state index in [4.69, 9.17) is 5.11 Å². The van der Waals surface area contributed by atoms with Crippen LogP contribution in [0.1, 0.15) is 15.9 Å². The van der Waals surface area contributed by atoms with E-state index in [0.717, 1.165) is 16.5 Å². The van der Waals surface area contributed by atoms with Crippen molar-refractivity contribution in [1.29, 1.82) is 0 Å². The number of nitrogens with zero attached hydrogens (tertiary/aromatic N) is 3. The van der Waals surface area contributed by atoms with Gasteiger partial charge in [-0.1, -0.05) is 0 Å². The van der Waals surface area contributed by atoms with Gasteiger partial charge in [0.2, 0.25) is 5.95 Å². The average molecular weight is 253 g/mol. The largest absolute Gasteiger partial charge is 0.478 e. The number of aryl methyl sites for hydroxylation is 1. The number of rotatable bonds is 2. The molecule has 0 bridgehead atoms. The lowest BCUT2D eigenvalue weighted by atomic mass is 10.1. The Morgan fingerprint density at radius 1 is 1.21 bits per heavy atom. The molecule has 1 aromatic carbocycles. The molecule has 5 heteroatoms. The summed E-state index contributed by atoms with van der Waals surface area (Å²) in [5.74, 6) is -0.357. The molecule has 0 aliphatic heterocycles. The third-order valence-electron chi connectivity index (χ3n) is 2.92. The van der Waals surface area contributed by atoms with Crippen LogP contribution < -0.4 is 0 Å². The summed E-state index contributed by atoms with van der Waals surface area (Å²) < 4.78 is 1.83. The Hall–Kier alpha value is -2.69. The van der Waals surface area contributed by atoms with Gasteiger partial charge < -0.3 is 5.11 Å². The van der Waals surface area contributed by atoms with Crippen LogP contribution in [0.2, 0.25) is 0 Å². The van der Waals surface area contributed by atoms with Gasteiger partial charge in [0, 0.05) is 24.0 Å². The lowest BCUT2D eigenvalue weighted by molar-refractivity contribution is 0.0697. The zero-order valence-corrected chi connectivity index (χ0v) is 10.2. The maximum Gasteiger partial charge on any atom is 0.335 e. The van der Waals surface area contributed by atoms with Crippen LogP contribution in [0.4, 0.5) is 0 Å². The van der Waals surface area contributed by atoms with Crippen molar-refractivity contribution in [2.45, 2.75) is 6.92 Å². The molecule has 0 spiro atoms. The van der Waals surface area contributed by atoms with E-state index >= 15 is 0 Å². The summed E-state index contributed by atoms with van der Waals surface area (Å²) in [6.07, 6.45) is 5.33. The Balaban J connectivity index is 2.15. The van der Waals surface area contributed by atoms with E-state index in [9.17, 15) is 4.79 Å². The van der Waals surface area contributed by atoms with Crippen molar-refractivity contribution in [3.05, 3.63) is 54.0 Å². The van der Waals surface area contributed by atoms with E-state index in [-0.39, 0.29) is 5.56 Å². The summed E-state index contributed by atoms with van der Waals surface area (Å²) in [5.41, 5.74) is 2.15. The van der Waals surface area contributed by atoms with E-state index in [1.807, 2.05) is 23.8 Å². The molecule has 0 unspecified atom stereocenters. The van der Waals surface area contributed by atoms with Crippen molar-refractivity contribution in [3.63, 3.8) is 0 Å². The Kier molecular flexibility index (Phi) is 2.52. The molecule has 0 aliphatic carbocycles. The molecule has 0 saturated heterocycles. The summed E-state index contributed by atoms with van der Waals surface area (Å²) in [6.45, 7) is 1.93. The highest BCUT2D eigenvalue weighted by Gasteiger charge is 2.08. The van der Waals surface area contributed by atoms with E-state index in [2.05, 4.69) is 9.97 Å². The quantitative estimate of drug-likeness (QED) is 0.761. The fourth-order valence-electron chi connectivity index (χ4n) is 1.96. The molecule has 3 rings (SSSR count). The van der Waals surface area contributed by atoms with Crippen LogP contribution in [0, 0.1) is 6.92 Å². The van der Waals surface area contributed by atoms with Gasteiger partial charge in [-0.2, -0.15) is 0 Å². The van der Waals surface area contributed by atoms with Crippen LogP contribution in [0.3, 0.4) is 0 Å². The van der Waals surface area contributed by atoms with E-state index < -0.39 is 5.97 Å². The average Bonchev–Trinajstić information content (AvgIpc) is 2.82. The van der Waals surface area contributed by atoms with Gasteiger partial charge in [-0.3, -0.25) is 4.57 Å². The monoisotopic (exact) mass is 253 g/mol. The third kappa shape index (κ3) is 1.95. The predicted octanol–water partition coefficient (Wildman–Crippen LogP) is 2.43. The summed E-state index contributed by atoms with van der Waals surface area (Å²) >= 11 is 0. The number of carboxylic acid groups (broad SMARTS) is 1. The fourth-order valence-corrected chi connectivity index (χ4v) is 1.96. The van der Waals surface area contributed by atoms with Gasteiger partial charge in [0.15, 0.2) is 0 Å². The molecule has 2 aromatic heterocycles. The number of benzene rings is 1. The first-order chi connectivity index (χ1) is 9.15. The van der Waals surface area contributed by atoms with Gasteiger partial charge in [0.05, 0.1) is 11.1 Å². The first kappa shape index (κ1) is 11.4. The van der Waals surface area contributed by atoms with Crippen molar-refractivity contribution in [1.82, 2.24) is 14.5 Å². The van der Waals surface area contributed by atoms with Crippen molar-refractivity contribution in [3.8, 4) is 5.95 Å². The van der Waals surface area contributed by atoms with Crippen LogP contribution in [0.15, 0.2) is 42.9 Å². The van der Waals surface area contributed by atoms with Crippen molar-refractivity contribution >= 4 is 16.9 Å². The predicted molar refractivity (Wildman–Crippen MR) is 70.6 cm³/mol. The van der Waals surface area contributed by atoms with Gasteiger partial charge >= 0.3 is 5.97 Å². The molecule has 1 N–H and O–H groups in total. The van der Waals surface area contributed by atoms with Gasteiger partial charge in [-0.05, 0) is 36.8 Å². The zero-order chi connectivity index (χ0) is 13.4. The number of hydrogen-bond acceptors (Lipinski definition) is 3. The minimum atomic E-state index is -0.929. The minimum Gasteiger partial charge on any atom is -0.478 e. The molecule has 0 radical (unpaired) electrons. The minimum absolute atomic E-state index is 0.273. The Morgan fingerprint density at radius 3 is 2.63 bits per heavy atom. The number of carbonyl (C=O) groups is 1. The topological polar surface area (TPSA) is 68.0 Å². The smallest absolute Gasteiger partial charge is 0.335 e. The summed E-state index contributed by atoms with van der Waals surface area (Å²) in [7, 11) is 0. The molecule has 0 atom stereocenters. The third-order valence-corrected chi connectivity index (χ3v) is 2.92. The van der Waals surface area contributed by atoms with Crippen molar-refractivity contribution < 1.29 is 9.90 Å². The van der Waals surface area contributed by atoms with E-state index in [0.29, 0.717) is 5.95 Å². The highest BCUT2D eigenvalue weighted by Crippen LogP contribution is 2.20. The van der Waals surface area contributed by atoms with Crippen molar-refractivity contribution in [2.24, 2.45) is 0 Å². The summed E-state index contributed by atoms with van der Waals surface area (Å²) in [6, 6.07) is 6.84. The second-order valence-electron chi connectivity index (χ2n) is 4.32. The van der Waals surface area contributed by atoms with E-state index in [1.54, 1.807) is 30.6 Å². The maximum atomic E-state index is 10.9. The Bertz CT molecular complexity index is 760. The normalized spacial score (nSPS) is 10.8. The van der Waals surface area contributed by atoms with Gasteiger partial charge in [0.25, 0.3) is 0 Å². The molecule has 94 valence electrons. The molecule has 0 saturated carbocycles. The molecule has 0 aliphatic rings. The van der Waals surface area contributed by atoms with Gasteiger partial charge in [0.1, 0.15) is 0 Å². The molecule has 0 fully saturated rings. The van der Waals surface area contributed by atoms with Crippen LogP contribution in [-0.2, 0) is 0 Å². The summed E-state index contributed by atoms with van der Waals surface area (Å²) in [5, 5.41) is 9.82. The number of hydrogen-bond donors (Lipinski definition) is 1. The lowest BCUT2D eigenvalue weighted by Crippen LogP contribution is -2.00. The molecule has 0 amide bonds. The number of fused-ring (bicyclic) bond motifs is 1.